The highest BCUT2D eigenvalue weighted by Crippen LogP contribution is 2.34. The number of carbonyl (C=O) groups is 4. The molecule has 7 nitrogen and oxygen atoms in total. The molecule has 0 fully saturated rings. The number of pyridine rings is 1. The molecule has 0 unspecified atom stereocenters. The van der Waals surface area contributed by atoms with Crippen LogP contribution in [0.4, 0.5) is 5.69 Å². The van der Waals surface area contributed by atoms with E-state index in [9.17, 15) is 19.2 Å². The average Bonchev–Trinajstić information content (AvgIpc) is 3.13. The highest BCUT2D eigenvalue weighted by molar-refractivity contribution is 9.10. The number of esters is 1. The van der Waals surface area contributed by atoms with Gasteiger partial charge in [0, 0.05) is 15.4 Å². The molecule has 2 amide bonds. The number of para-hydroxylation sites is 1. The predicted molar refractivity (Wildman–Crippen MR) is 133 cm³/mol. The van der Waals surface area contributed by atoms with Crippen molar-refractivity contribution in [2.75, 3.05) is 11.5 Å². The Morgan fingerprint density at radius 1 is 0.857 bits per heavy atom. The minimum absolute atomic E-state index is 0.192. The molecular weight excluding hydrogens is 512 g/mol. The van der Waals surface area contributed by atoms with Crippen LogP contribution in [0.3, 0.4) is 0 Å². The minimum atomic E-state index is -0.685. The van der Waals surface area contributed by atoms with Crippen molar-refractivity contribution in [1.82, 2.24) is 4.98 Å². The normalized spacial score (nSPS) is 12.7. The Kier molecular flexibility index (Phi) is 5.74. The van der Waals surface area contributed by atoms with Gasteiger partial charge < -0.3 is 4.74 Å². The van der Waals surface area contributed by atoms with Crippen LogP contribution in [0.5, 0.6) is 0 Å². The van der Waals surface area contributed by atoms with Crippen molar-refractivity contribution in [3.05, 3.63) is 105 Å². The number of ketones is 1. The number of rotatable bonds is 5. The van der Waals surface area contributed by atoms with Crippen molar-refractivity contribution >= 4 is 56.1 Å². The molecule has 5 rings (SSSR count). The van der Waals surface area contributed by atoms with Crippen molar-refractivity contribution in [3.63, 3.8) is 0 Å². The smallest absolute Gasteiger partial charge is 0.338 e. The molecular formula is C27H17BrN2O5. The van der Waals surface area contributed by atoms with Crippen LogP contribution < -0.4 is 4.90 Å². The van der Waals surface area contributed by atoms with Gasteiger partial charge in [-0.15, -0.1) is 0 Å². The molecule has 0 spiro atoms. The maximum Gasteiger partial charge on any atom is 0.338 e. The molecule has 35 heavy (non-hydrogen) atoms. The number of aromatic nitrogens is 1. The molecule has 1 aliphatic rings. The van der Waals surface area contributed by atoms with E-state index in [1.165, 1.54) is 24.3 Å². The summed E-state index contributed by atoms with van der Waals surface area (Å²) in [5, 5.41) is 0.615. The van der Waals surface area contributed by atoms with E-state index in [4.69, 9.17) is 4.74 Å². The average molecular weight is 529 g/mol. The lowest BCUT2D eigenvalue weighted by atomic mass is 10.0. The maximum absolute atomic E-state index is 13.3. The van der Waals surface area contributed by atoms with Gasteiger partial charge in [-0.05, 0) is 49.4 Å². The number of ether oxygens (including phenoxy) is 1. The standard InChI is InChI=1S/C27H17BrN2O5/c1-15-23-24(20-4-2-3-5-21(20)29-15)26(33)30(25(23)32)19-12-8-17(9-13-19)27(34)35-14-22(31)16-6-10-18(28)11-7-16/h2-13H,14H2,1H3. The highest BCUT2D eigenvalue weighted by Gasteiger charge is 2.40. The first-order chi connectivity index (χ1) is 16.8. The summed E-state index contributed by atoms with van der Waals surface area (Å²) in [4.78, 5) is 56.6. The number of hydrogen-bond acceptors (Lipinski definition) is 6. The number of benzene rings is 3. The molecule has 0 saturated carbocycles. The molecule has 4 aromatic rings. The Bertz CT molecular complexity index is 1530. The van der Waals surface area contributed by atoms with Crippen molar-refractivity contribution in [1.29, 1.82) is 0 Å². The third-order valence-corrected chi connectivity index (χ3v) is 6.30. The van der Waals surface area contributed by atoms with E-state index < -0.39 is 24.4 Å². The zero-order valence-corrected chi connectivity index (χ0v) is 20.0. The summed E-state index contributed by atoms with van der Waals surface area (Å²) in [5.74, 6) is -1.92. The Labute approximate surface area is 208 Å². The van der Waals surface area contributed by atoms with Gasteiger partial charge in [0.1, 0.15) is 0 Å². The van der Waals surface area contributed by atoms with Gasteiger partial charge in [0.25, 0.3) is 11.8 Å². The molecule has 0 atom stereocenters. The summed E-state index contributed by atoms with van der Waals surface area (Å²) in [6.45, 7) is 1.30. The first kappa shape index (κ1) is 22.6. The van der Waals surface area contributed by atoms with Crippen LogP contribution in [-0.2, 0) is 4.74 Å². The molecule has 8 heteroatoms. The number of imide groups is 1. The molecule has 1 aliphatic heterocycles. The van der Waals surface area contributed by atoms with Gasteiger partial charge in [-0.2, -0.15) is 0 Å². The van der Waals surface area contributed by atoms with Crippen molar-refractivity contribution < 1.29 is 23.9 Å². The van der Waals surface area contributed by atoms with E-state index in [0.29, 0.717) is 33.4 Å². The second-order valence-electron chi connectivity index (χ2n) is 7.96. The number of fused-ring (bicyclic) bond motifs is 3. The van der Waals surface area contributed by atoms with Crippen LogP contribution in [-0.4, -0.2) is 35.2 Å². The van der Waals surface area contributed by atoms with Gasteiger partial charge in [0.2, 0.25) is 0 Å². The van der Waals surface area contributed by atoms with Gasteiger partial charge >= 0.3 is 5.97 Å². The number of amides is 2. The van der Waals surface area contributed by atoms with Crippen molar-refractivity contribution in [2.45, 2.75) is 6.92 Å². The zero-order chi connectivity index (χ0) is 24.7. The fraction of sp³-hybridized carbons (Fsp3) is 0.0741. The van der Waals surface area contributed by atoms with Gasteiger partial charge in [-0.1, -0.05) is 46.3 Å². The molecule has 2 heterocycles. The molecule has 0 bridgehead atoms. The van der Waals surface area contributed by atoms with E-state index in [1.807, 2.05) is 6.07 Å². The van der Waals surface area contributed by atoms with Gasteiger partial charge in [0.05, 0.1) is 33.6 Å². The van der Waals surface area contributed by atoms with E-state index >= 15 is 0 Å². The molecule has 0 N–H and O–H groups in total. The third-order valence-electron chi connectivity index (χ3n) is 5.77. The number of hydrogen-bond donors (Lipinski definition) is 0. The SMILES string of the molecule is Cc1nc2ccccc2c2c1C(=O)N(c1ccc(C(=O)OCC(=O)c3ccc(Br)cc3)cc1)C2=O. The molecule has 0 aliphatic carbocycles. The Morgan fingerprint density at radius 3 is 2.20 bits per heavy atom. The third kappa shape index (κ3) is 4.02. The minimum Gasteiger partial charge on any atom is -0.454 e. The van der Waals surface area contributed by atoms with Gasteiger partial charge in [-0.25, -0.2) is 9.69 Å². The first-order valence-electron chi connectivity index (χ1n) is 10.7. The summed E-state index contributed by atoms with van der Waals surface area (Å²) in [5.41, 5.74) is 2.67. The molecule has 172 valence electrons. The summed E-state index contributed by atoms with van der Waals surface area (Å²) < 4.78 is 5.98. The van der Waals surface area contributed by atoms with E-state index in [2.05, 4.69) is 20.9 Å². The molecule has 1 aromatic heterocycles. The summed E-state index contributed by atoms with van der Waals surface area (Å²) in [7, 11) is 0. The van der Waals surface area contributed by atoms with Crippen LogP contribution in [0.2, 0.25) is 0 Å². The van der Waals surface area contributed by atoms with Crippen LogP contribution in [0.1, 0.15) is 47.1 Å². The lowest BCUT2D eigenvalue weighted by molar-refractivity contribution is 0.0474. The van der Waals surface area contributed by atoms with E-state index in [1.54, 1.807) is 49.4 Å². The van der Waals surface area contributed by atoms with E-state index in [0.717, 1.165) is 9.37 Å². The maximum atomic E-state index is 13.3. The molecule has 3 aromatic carbocycles. The largest absolute Gasteiger partial charge is 0.454 e. The second kappa shape index (κ2) is 8.88. The van der Waals surface area contributed by atoms with Crippen molar-refractivity contribution in [2.24, 2.45) is 0 Å². The van der Waals surface area contributed by atoms with Gasteiger partial charge in [-0.3, -0.25) is 19.4 Å². The highest BCUT2D eigenvalue weighted by atomic mass is 79.9. The summed E-state index contributed by atoms with van der Waals surface area (Å²) in [6, 6.07) is 19.8. The van der Waals surface area contributed by atoms with E-state index in [-0.39, 0.29) is 16.9 Å². The number of aryl methyl sites for hydroxylation is 1. The Hall–Kier alpha value is -4.17. The second-order valence-corrected chi connectivity index (χ2v) is 8.88. The Balaban J connectivity index is 1.34. The fourth-order valence-corrected chi connectivity index (χ4v) is 4.31. The zero-order valence-electron chi connectivity index (χ0n) is 18.4. The van der Waals surface area contributed by atoms with Gasteiger partial charge in [0.15, 0.2) is 12.4 Å². The molecule has 0 saturated heterocycles. The lowest BCUT2D eigenvalue weighted by Crippen LogP contribution is -2.29. The lowest BCUT2D eigenvalue weighted by Gasteiger charge is -2.14. The van der Waals surface area contributed by atoms with Crippen LogP contribution >= 0.6 is 15.9 Å². The summed E-state index contributed by atoms with van der Waals surface area (Å²) in [6.07, 6.45) is 0. The number of Topliss-reactive ketones (excluding diaryl/α,β-unsaturated/α-hetero) is 1. The topological polar surface area (TPSA) is 93.6 Å². The predicted octanol–water partition coefficient (Wildman–Crippen LogP) is 5.15. The Morgan fingerprint density at radius 2 is 1.49 bits per heavy atom. The first-order valence-corrected chi connectivity index (χ1v) is 11.5. The molecule has 0 radical (unpaired) electrons. The van der Waals surface area contributed by atoms with Crippen LogP contribution in [0.25, 0.3) is 10.9 Å². The number of halogens is 1. The summed E-state index contributed by atoms with van der Waals surface area (Å²) >= 11 is 3.30. The number of nitrogens with zero attached hydrogens (tertiary/aromatic N) is 2. The number of anilines is 1. The van der Waals surface area contributed by atoms with Crippen LogP contribution in [0, 0.1) is 6.92 Å². The van der Waals surface area contributed by atoms with Crippen molar-refractivity contribution in [3.8, 4) is 0 Å². The number of carbonyl (C=O) groups excluding carboxylic acids is 4. The fourth-order valence-electron chi connectivity index (χ4n) is 4.05. The van der Waals surface area contributed by atoms with Crippen LogP contribution in [0.15, 0.2) is 77.3 Å². The monoisotopic (exact) mass is 528 g/mol. The quantitative estimate of drug-likeness (QED) is 0.202.